The normalized spacial score (nSPS) is 14.2. The number of aliphatic imine (C=N–C) groups is 1. The van der Waals surface area contributed by atoms with Crippen LogP contribution in [0.15, 0.2) is 29.3 Å². The first kappa shape index (κ1) is 21.5. The summed E-state index contributed by atoms with van der Waals surface area (Å²) in [6, 6.07) is 7.92. The number of carbonyl (C=O) groups is 1. The van der Waals surface area contributed by atoms with Crippen LogP contribution in [0.25, 0.3) is 0 Å². The van der Waals surface area contributed by atoms with Crippen molar-refractivity contribution in [3.05, 3.63) is 29.8 Å². The second-order valence-electron chi connectivity index (χ2n) is 5.81. The molecule has 0 atom stereocenters. The molecule has 6 nitrogen and oxygen atoms in total. The van der Waals surface area contributed by atoms with Crippen LogP contribution in [0.2, 0.25) is 0 Å². The van der Waals surface area contributed by atoms with E-state index in [0.717, 1.165) is 56.3 Å². The lowest BCUT2D eigenvalue weighted by Gasteiger charge is -2.16. The summed E-state index contributed by atoms with van der Waals surface area (Å²) in [4.78, 5) is 18.1. The van der Waals surface area contributed by atoms with Crippen molar-refractivity contribution in [3.63, 3.8) is 0 Å². The first-order valence-electron chi connectivity index (χ1n) is 8.66. The van der Waals surface area contributed by atoms with Gasteiger partial charge in [0, 0.05) is 32.6 Å². The molecule has 25 heavy (non-hydrogen) atoms. The summed E-state index contributed by atoms with van der Waals surface area (Å²) < 4.78 is 5.23. The van der Waals surface area contributed by atoms with Gasteiger partial charge in [0.15, 0.2) is 5.96 Å². The third-order valence-electron chi connectivity index (χ3n) is 3.97. The van der Waals surface area contributed by atoms with Crippen LogP contribution in [0.5, 0.6) is 5.75 Å². The van der Waals surface area contributed by atoms with Gasteiger partial charge >= 0.3 is 0 Å². The van der Waals surface area contributed by atoms with Crippen LogP contribution in [-0.2, 0) is 11.3 Å². The Labute approximate surface area is 167 Å². The fourth-order valence-corrected chi connectivity index (χ4v) is 2.70. The summed E-state index contributed by atoms with van der Waals surface area (Å²) in [5, 5.41) is 6.57. The van der Waals surface area contributed by atoms with E-state index in [4.69, 9.17) is 4.74 Å². The van der Waals surface area contributed by atoms with Crippen LogP contribution in [-0.4, -0.2) is 50.1 Å². The topological polar surface area (TPSA) is 66.0 Å². The van der Waals surface area contributed by atoms with E-state index in [1.165, 1.54) is 0 Å². The largest absolute Gasteiger partial charge is 0.497 e. The summed E-state index contributed by atoms with van der Waals surface area (Å²) in [5.41, 5.74) is 1.11. The number of nitrogens with one attached hydrogen (secondary N) is 2. The number of ether oxygens (including phenoxy) is 1. The maximum absolute atomic E-state index is 11.6. The molecule has 1 aliphatic heterocycles. The van der Waals surface area contributed by atoms with Gasteiger partial charge in [-0.05, 0) is 37.5 Å². The molecule has 140 valence electrons. The van der Waals surface area contributed by atoms with Crippen molar-refractivity contribution in [2.75, 3.05) is 33.3 Å². The number of benzene rings is 1. The van der Waals surface area contributed by atoms with Crippen LogP contribution in [0.4, 0.5) is 0 Å². The Hall–Kier alpha value is -1.51. The minimum absolute atomic E-state index is 0. The summed E-state index contributed by atoms with van der Waals surface area (Å²) >= 11 is 0. The number of amides is 1. The standard InChI is InChI=1S/C18H28N4O2.HI/c1-3-19-18(20-10-6-12-22-11-5-9-17(22)23)21-14-15-7-4-8-16(13-15)24-2;/h4,7-8,13H,3,5-6,9-12,14H2,1-2H3,(H2,19,20,21);1H. The summed E-state index contributed by atoms with van der Waals surface area (Å²) in [6.45, 7) is 5.98. The van der Waals surface area contributed by atoms with E-state index in [0.29, 0.717) is 13.0 Å². The highest BCUT2D eigenvalue weighted by molar-refractivity contribution is 14.0. The average Bonchev–Trinajstić information content (AvgIpc) is 3.01. The van der Waals surface area contributed by atoms with Crippen LogP contribution < -0.4 is 15.4 Å². The zero-order valence-electron chi connectivity index (χ0n) is 15.1. The van der Waals surface area contributed by atoms with Crippen LogP contribution >= 0.6 is 24.0 Å². The Bertz CT molecular complexity index is 566. The van der Waals surface area contributed by atoms with Crippen molar-refractivity contribution in [3.8, 4) is 5.75 Å². The minimum Gasteiger partial charge on any atom is -0.497 e. The van der Waals surface area contributed by atoms with Crippen molar-refractivity contribution in [2.45, 2.75) is 32.7 Å². The molecule has 7 heteroatoms. The Morgan fingerprint density at radius 1 is 1.36 bits per heavy atom. The Morgan fingerprint density at radius 2 is 2.20 bits per heavy atom. The zero-order chi connectivity index (χ0) is 17.2. The van der Waals surface area contributed by atoms with Gasteiger partial charge in [-0.3, -0.25) is 4.79 Å². The lowest BCUT2D eigenvalue weighted by molar-refractivity contribution is -0.127. The molecule has 0 bridgehead atoms. The molecule has 1 amide bonds. The number of carbonyl (C=O) groups excluding carboxylic acids is 1. The highest BCUT2D eigenvalue weighted by Crippen LogP contribution is 2.13. The molecular formula is C18H29IN4O2. The zero-order valence-corrected chi connectivity index (χ0v) is 17.4. The second-order valence-corrected chi connectivity index (χ2v) is 5.81. The van der Waals surface area contributed by atoms with E-state index >= 15 is 0 Å². The molecule has 0 radical (unpaired) electrons. The van der Waals surface area contributed by atoms with Crippen molar-refractivity contribution in [1.82, 2.24) is 15.5 Å². The number of nitrogens with zero attached hydrogens (tertiary/aromatic N) is 2. The van der Waals surface area contributed by atoms with E-state index in [2.05, 4.69) is 15.6 Å². The summed E-state index contributed by atoms with van der Waals surface area (Å²) in [7, 11) is 1.67. The van der Waals surface area contributed by atoms with Crippen molar-refractivity contribution in [2.24, 2.45) is 4.99 Å². The Balaban J connectivity index is 0.00000312. The molecule has 1 heterocycles. The summed E-state index contributed by atoms with van der Waals surface area (Å²) in [6.07, 6.45) is 2.63. The van der Waals surface area contributed by atoms with Crippen molar-refractivity contribution >= 4 is 35.8 Å². The maximum atomic E-state index is 11.6. The molecule has 1 fully saturated rings. The van der Waals surface area contributed by atoms with E-state index in [1.54, 1.807) is 7.11 Å². The van der Waals surface area contributed by atoms with Gasteiger partial charge in [-0.15, -0.1) is 24.0 Å². The van der Waals surface area contributed by atoms with Crippen LogP contribution in [0, 0.1) is 0 Å². The Kier molecular flexibility index (Phi) is 10.3. The van der Waals surface area contributed by atoms with Gasteiger partial charge in [-0.25, -0.2) is 4.99 Å². The first-order chi connectivity index (χ1) is 11.7. The molecule has 0 aromatic heterocycles. The molecule has 1 aromatic rings. The third kappa shape index (κ3) is 7.50. The predicted octanol–water partition coefficient (Wildman–Crippen LogP) is 2.38. The average molecular weight is 460 g/mol. The maximum Gasteiger partial charge on any atom is 0.222 e. The highest BCUT2D eigenvalue weighted by Gasteiger charge is 2.18. The number of guanidine groups is 1. The number of hydrogen-bond donors (Lipinski definition) is 2. The molecule has 1 aliphatic rings. The molecule has 1 aromatic carbocycles. The van der Waals surface area contributed by atoms with Gasteiger partial charge in [0.25, 0.3) is 0 Å². The van der Waals surface area contributed by atoms with Crippen molar-refractivity contribution in [1.29, 1.82) is 0 Å². The molecule has 0 aliphatic carbocycles. The van der Waals surface area contributed by atoms with Gasteiger partial charge in [0.2, 0.25) is 5.91 Å². The quantitative estimate of drug-likeness (QED) is 0.271. The van der Waals surface area contributed by atoms with Crippen molar-refractivity contribution < 1.29 is 9.53 Å². The molecule has 0 spiro atoms. The second kappa shape index (κ2) is 11.9. The smallest absolute Gasteiger partial charge is 0.222 e. The fraction of sp³-hybridized carbons (Fsp3) is 0.556. The molecule has 0 unspecified atom stereocenters. The third-order valence-corrected chi connectivity index (χ3v) is 3.97. The highest BCUT2D eigenvalue weighted by atomic mass is 127. The van der Waals surface area contributed by atoms with E-state index in [-0.39, 0.29) is 29.9 Å². The van der Waals surface area contributed by atoms with E-state index < -0.39 is 0 Å². The minimum atomic E-state index is 0. The SMILES string of the molecule is CCNC(=NCc1cccc(OC)c1)NCCCN1CCCC1=O.I. The molecule has 2 N–H and O–H groups in total. The molecule has 2 rings (SSSR count). The predicted molar refractivity (Wildman–Crippen MR) is 112 cm³/mol. The van der Waals surface area contributed by atoms with E-state index in [9.17, 15) is 4.79 Å². The van der Waals surface area contributed by atoms with Gasteiger partial charge in [0.05, 0.1) is 13.7 Å². The number of halogens is 1. The monoisotopic (exact) mass is 460 g/mol. The fourth-order valence-electron chi connectivity index (χ4n) is 2.70. The van der Waals surface area contributed by atoms with Crippen LogP contribution in [0.1, 0.15) is 31.7 Å². The van der Waals surface area contributed by atoms with Crippen LogP contribution in [0.3, 0.4) is 0 Å². The summed E-state index contributed by atoms with van der Waals surface area (Å²) in [5.74, 6) is 1.93. The molecular weight excluding hydrogens is 431 g/mol. The van der Waals surface area contributed by atoms with Gasteiger partial charge < -0.3 is 20.3 Å². The molecule has 0 saturated carbocycles. The van der Waals surface area contributed by atoms with Gasteiger partial charge in [-0.1, -0.05) is 12.1 Å². The number of hydrogen-bond acceptors (Lipinski definition) is 3. The van der Waals surface area contributed by atoms with Gasteiger partial charge in [-0.2, -0.15) is 0 Å². The lowest BCUT2D eigenvalue weighted by Crippen LogP contribution is -2.39. The molecule has 1 saturated heterocycles. The number of likely N-dealkylation sites (tertiary alicyclic amines) is 1. The number of methoxy groups -OCH3 is 1. The lowest BCUT2D eigenvalue weighted by atomic mass is 10.2. The van der Waals surface area contributed by atoms with E-state index in [1.807, 2.05) is 36.1 Å². The van der Waals surface area contributed by atoms with Gasteiger partial charge in [0.1, 0.15) is 5.75 Å². The number of rotatable bonds is 8. The Morgan fingerprint density at radius 3 is 2.88 bits per heavy atom. The first-order valence-corrected chi connectivity index (χ1v) is 8.66.